The molecule has 0 rings (SSSR count). The van der Waals surface area contributed by atoms with Gasteiger partial charge >= 0.3 is 25.4 Å². The minimum atomic E-state index is -1.51. The van der Waals surface area contributed by atoms with Crippen LogP contribution in [0, 0.1) is 0 Å². The van der Waals surface area contributed by atoms with Crippen molar-refractivity contribution in [3.05, 3.63) is 0 Å². The van der Waals surface area contributed by atoms with Crippen molar-refractivity contribution < 1.29 is 54.0 Å². The van der Waals surface area contributed by atoms with E-state index in [0.717, 1.165) is 24.2 Å². The Balaban J connectivity index is 0. The average Bonchev–Trinajstić information content (AvgIpc) is 2.62. The molecule has 0 bridgehead atoms. The zero-order valence-electron chi connectivity index (χ0n) is 18.0. The third-order valence-corrected chi connectivity index (χ3v) is 4.62. The van der Waals surface area contributed by atoms with Crippen molar-refractivity contribution in [2.45, 2.75) is 77.2 Å². The standard InChI is InChI=1S/C20H36N2O7.Zn/c1-2-3-4-5-6-7-8-9-10-11-17(23)16(12-21-13-18(24)25)22(14-19(26)27)15-20(28)29;/h16,21H,2-15H2,1H3,(H,24,25)(H,26,27)(H,28,29);/q;+2/p-2. The molecule has 0 aliphatic rings. The molecule has 0 heterocycles. The van der Waals surface area contributed by atoms with Gasteiger partial charge in [0, 0.05) is 26.1 Å². The fourth-order valence-electron chi connectivity index (χ4n) is 3.15. The van der Waals surface area contributed by atoms with Crippen LogP contribution in [0.5, 0.6) is 0 Å². The van der Waals surface area contributed by atoms with E-state index in [1.165, 1.54) is 32.1 Å². The third kappa shape index (κ3) is 17.5. The summed E-state index contributed by atoms with van der Waals surface area (Å²) in [4.78, 5) is 46.1. The predicted molar refractivity (Wildman–Crippen MR) is 103 cm³/mol. The molecule has 0 aliphatic carbocycles. The fourth-order valence-corrected chi connectivity index (χ4v) is 3.15. The number of Topliss-reactive ketones (excluding diaryl/α,β-unsaturated/α-hetero) is 1. The molecule has 0 aromatic carbocycles. The van der Waals surface area contributed by atoms with Crippen molar-refractivity contribution in [3.63, 3.8) is 0 Å². The fraction of sp³-hybridized carbons (Fsp3) is 0.800. The molecule has 9 nitrogen and oxygen atoms in total. The van der Waals surface area contributed by atoms with E-state index < -0.39 is 43.6 Å². The number of aliphatic carboxylic acids is 3. The summed E-state index contributed by atoms with van der Waals surface area (Å²) in [5, 5.41) is 33.0. The SMILES string of the molecule is CCCCCCCCCCCC(=O)C(CNCC(=O)[O-])N(CC(=O)[O-])CC(=O)O.[Zn+2]. The van der Waals surface area contributed by atoms with Crippen LogP contribution in [0.25, 0.3) is 0 Å². The second-order valence-corrected chi connectivity index (χ2v) is 7.23. The number of carboxylic acid groups (broad SMARTS) is 3. The molecule has 0 aliphatic heterocycles. The number of hydrogen-bond acceptors (Lipinski definition) is 8. The Bertz CT molecular complexity index is 501. The van der Waals surface area contributed by atoms with Gasteiger partial charge in [-0.3, -0.25) is 14.5 Å². The van der Waals surface area contributed by atoms with Crippen LogP contribution in [0.15, 0.2) is 0 Å². The van der Waals surface area contributed by atoms with Gasteiger partial charge in [0.15, 0.2) is 5.78 Å². The molecule has 0 aromatic rings. The quantitative estimate of drug-likeness (QED) is 0.171. The molecule has 0 fully saturated rings. The van der Waals surface area contributed by atoms with Crippen molar-refractivity contribution >= 4 is 23.7 Å². The van der Waals surface area contributed by atoms with Gasteiger partial charge in [-0.1, -0.05) is 58.3 Å². The molecular weight excluding hydrogens is 446 g/mol. The van der Waals surface area contributed by atoms with Crippen LogP contribution >= 0.6 is 0 Å². The second kappa shape index (κ2) is 19.6. The number of rotatable bonds is 20. The molecule has 0 saturated carbocycles. The van der Waals surface area contributed by atoms with E-state index in [2.05, 4.69) is 12.2 Å². The first-order chi connectivity index (χ1) is 13.8. The molecule has 1 atom stereocenters. The molecule has 168 valence electrons. The van der Waals surface area contributed by atoms with Crippen LogP contribution in [0.1, 0.15) is 71.1 Å². The zero-order valence-corrected chi connectivity index (χ0v) is 21.0. The van der Waals surface area contributed by atoms with Crippen molar-refractivity contribution in [2.24, 2.45) is 0 Å². The molecule has 0 radical (unpaired) electrons. The zero-order chi connectivity index (χ0) is 22.1. The Morgan fingerprint density at radius 1 is 0.867 bits per heavy atom. The van der Waals surface area contributed by atoms with Crippen LogP contribution in [0.4, 0.5) is 0 Å². The monoisotopic (exact) mass is 478 g/mol. The summed E-state index contributed by atoms with van der Waals surface area (Å²) in [5.41, 5.74) is 0. The smallest absolute Gasteiger partial charge is 0.549 e. The molecular formula is C20H34N2O7Zn. The third-order valence-electron chi connectivity index (χ3n) is 4.62. The van der Waals surface area contributed by atoms with Gasteiger partial charge in [-0.2, -0.15) is 0 Å². The van der Waals surface area contributed by atoms with E-state index in [-0.39, 0.29) is 38.2 Å². The Labute approximate surface area is 191 Å². The van der Waals surface area contributed by atoms with Crippen LogP contribution in [0.3, 0.4) is 0 Å². The van der Waals surface area contributed by atoms with Gasteiger partial charge in [0.25, 0.3) is 0 Å². The van der Waals surface area contributed by atoms with E-state index in [4.69, 9.17) is 5.11 Å². The summed E-state index contributed by atoms with van der Waals surface area (Å²) >= 11 is 0. The number of unbranched alkanes of at least 4 members (excludes halogenated alkanes) is 8. The molecule has 0 amide bonds. The predicted octanol–water partition coefficient (Wildman–Crippen LogP) is -0.681. The van der Waals surface area contributed by atoms with E-state index in [0.29, 0.717) is 6.42 Å². The summed E-state index contributed by atoms with van der Waals surface area (Å²) in [6, 6.07) is -1.06. The normalized spacial score (nSPS) is 11.7. The number of hydrogen-bond donors (Lipinski definition) is 2. The maximum absolute atomic E-state index is 12.6. The molecule has 10 heteroatoms. The van der Waals surface area contributed by atoms with E-state index in [1.54, 1.807) is 0 Å². The summed E-state index contributed by atoms with van der Waals surface area (Å²) in [5.74, 6) is -4.49. The summed E-state index contributed by atoms with van der Waals surface area (Å²) in [7, 11) is 0. The second-order valence-electron chi connectivity index (χ2n) is 7.23. The number of carbonyl (C=O) groups excluding carboxylic acids is 3. The van der Waals surface area contributed by atoms with Crippen molar-refractivity contribution in [3.8, 4) is 0 Å². The Morgan fingerprint density at radius 3 is 1.87 bits per heavy atom. The Hall–Kier alpha value is -1.38. The first-order valence-electron chi connectivity index (χ1n) is 10.4. The largest absolute Gasteiger partial charge is 2.00 e. The van der Waals surface area contributed by atoms with Gasteiger partial charge < -0.3 is 30.2 Å². The van der Waals surface area contributed by atoms with Crippen molar-refractivity contribution in [1.82, 2.24) is 10.2 Å². The maximum Gasteiger partial charge on any atom is 2.00 e. The first-order valence-corrected chi connectivity index (χ1v) is 10.4. The Morgan fingerprint density at radius 2 is 1.40 bits per heavy atom. The van der Waals surface area contributed by atoms with E-state index >= 15 is 0 Å². The van der Waals surface area contributed by atoms with Gasteiger partial charge in [0.1, 0.15) is 0 Å². The van der Waals surface area contributed by atoms with E-state index in [9.17, 15) is 29.4 Å². The number of nitrogens with zero attached hydrogens (tertiary/aromatic N) is 1. The minimum Gasteiger partial charge on any atom is -0.549 e. The Kier molecular flexibility index (Phi) is 20.1. The molecule has 1 unspecified atom stereocenters. The van der Waals surface area contributed by atoms with Gasteiger partial charge in [0.05, 0.1) is 24.5 Å². The van der Waals surface area contributed by atoms with Gasteiger partial charge in [0.2, 0.25) is 0 Å². The van der Waals surface area contributed by atoms with Crippen LogP contribution in [-0.2, 0) is 38.7 Å². The van der Waals surface area contributed by atoms with Gasteiger partial charge in [-0.05, 0) is 6.42 Å². The molecule has 0 spiro atoms. The summed E-state index contributed by atoms with van der Waals surface area (Å²) in [6.45, 7) is 0.0877. The maximum atomic E-state index is 12.6. The summed E-state index contributed by atoms with van der Waals surface area (Å²) < 4.78 is 0. The van der Waals surface area contributed by atoms with Gasteiger partial charge in [-0.25, -0.2) is 0 Å². The number of carbonyl (C=O) groups is 4. The summed E-state index contributed by atoms with van der Waals surface area (Å²) in [6.07, 6.45) is 9.85. The average molecular weight is 480 g/mol. The minimum absolute atomic E-state index is 0. The van der Waals surface area contributed by atoms with Crippen molar-refractivity contribution in [2.75, 3.05) is 26.2 Å². The molecule has 0 aromatic heterocycles. The van der Waals surface area contributed by atoms with E-state index in [1.807, 2.05) is 0 Å². The first kappa shape index (κ1) is 30.8. The van der Waals surface area contributed by atoms with Gasteiger partial charge in [-0.15, -0.1) is 0 Å². The van der Waals surface area contributed by atoms with Crippen LogP contribution in [0.2, 0.25) is 0 Å². The number of ketones is 1. The number of carboxylic acids is 3. The van der Waals surface area contributed by atoms with Crippen LogP contribution < -0.4 is 15.5 Å². The number of nitrogens with one attached hydrogen (secondary N) is 1. The molecule has 2 N–H and O–H groups in total. The topological polar surface area (TPSA) is 150 Å². The van der Waals surface area contributed by atoms with Crippen molar-refractivity contribution in [1.29, 1.82) is 0 Å². The van der Waals surface area contributed by atoms with Crippen LogP contribution in [-0.4, -0.2) is 65.9 Å². The molecule has 0 saturated heterocycles. The molecule has 30 heavy (non-hydrogen) atoms.